The largest absolute Gasteiger partial charge is 0.394 e. The van der Waals surface area contributed by atoms with Crippen LogP contribution >= 0.6 is 0 Å². The summed E-state index contributed by atoms with van der Waals surface area (Å²) in [6.45, 7) is 1.78. The van der Waals surface area contributed by atoms with Gasteiger partial charge in [0.25, 0.3) is 0 Å². The van der Waals surface area contributed by atoms with Gasteiger partial charge in [0.1, 0.15) is 73.2 Å². The van der Waals surface area contributed by atoms with Crippen molar-refractivity contribution in [2.45, 2.75) is 523 Å². The third-order valence-corrected chi connectivity index (χ3v) is 23.8. The summed E-state index contributed by atoms with van der Waals surface area (Å²) in [5, 5.41) is 121. The number of aliphatic hydroxyl groups is 11. The molecule has 3 saturated heterocycles. The Morgan fingerprint density at radius 3 is 0.877 bits per heavy atom. The van der Waals surface area contributed by atoms with E-state index in [4.69, 9.17) is 28.4 Å². The van der Waals surface area contributed by atoms with Crippen molar-refractivity contribution in [1.29, 1.82) is 0 Å². The van der Waals surface area contributed by atoms with Gasteiger partial charge in [-0.25, -0.2) is 0 Å². The molecule has 3 aliphatic rings. The molecule has 3 rings (SSSR count). The third-order valence-electron chi connectivity index (χ3n) is 23.8. The fourth-order valence-corrected chi connectivity index (χ4v) is 16.2. The zero-order chi connectivity index (χ0) is 82.4. The fraction of sp³-hybridized carbons (Fsp3) is 0.905. The van der Waals surface area contributed by atoms with Crippen LogP contribution in [0.1, 0.15) is 418 Å². The lowest BCUT2D eigenvalue weighted by atomic mass is 9.96. The maximum atomic E-state index is 13.5. The van der Waals surface area contributed by atoms with Gasteiger partial charge in [-0.2, -0.15) is 0 Å². The summed E-state index contributed by atoms with van der Waals surface area (Å²) in [4.78, 5) is 13.5. The molecular weight excluding hydrogens is 1440 g/mol. The Hall–Kier alpha value is -2.25. The third kappa shape index (κ3) is 52.2. The molecule has 670 valence electrons. The molecule has 0 bridgehead atoms. The second-order valence-electron chi connectivity index (χ2n) is 34.2. The molecule has 0 aliphatic carbocycles. The van der Waals surface area contributed by atoms with Gasteiger partial charge in [-0.15, -0.1) is 0 Å². The van der Waals surface area contributed by atoms with Crippen molar-refractivity contribution in [2.24, 2.45) is 0 Å². The van der Waals surface area contributed by atoms with Crippen LogP contribution in [0.25, 0.3) is 0 Å². The van der Waals surface area contributed by atoms with Crippen LogP contribution in [-0.2, 0) is 33.2 Å². The monoisotopic (exact) mass is 1620 g/mol. The number of hydrogen-bond donors (Lipinski definition) is 12. The molecule has 3 heterocycles. The summed E-state index contributed by atoms with van der Waals surface area (Å²) in [6, 6.07) is -0.998. The highest BCUT2D eigenvalue weighted by Crippen LogP contribution is 2.34. The van der Waals surface area contributed by atoms with Gasteiger partial charge >= 0.3 is 0 Å². The molecular formula is C95H177NO18. The van der Waals surface area contributed by atoms with Crippen molar-refractivity contribution < 1.29 is 89.4 Å². The number of hydrogen-bond acceptors (Lipinski definition) is 18. The summed E-state index contributed by atoms with van der Waals surface area (Å²) >= 11 is 0. The predicted octanol–water partition coefficient (Wildman–Crippen LogP) is 19.1. The van der Waals surface area contributed by atoms with Crippen LogP contribution in [0.3, 0.4) is 0 Å². The quantitative estimate of drug-likeness (QED) is 0.0199. The molecule has 1 amide bonds. The van der Waals surface area contributed by atoms with Crippen molar-refractivity contribution in [3.05, 3.63) is 48.6 Å². The number of carbonyl (C=O) groups is 1. The van der Waals surface area contributed by atoms with E-state index in [1.165, 1.54) is 340 Å². The van der Waals surface area contributed by atoms with Gasteiger partial charge in [0.2, 0.25) is 5.91 Å². The van der Waals surface area contributed by atoms with E-state index in [1.54, 1.807) is 6.08 Å². The molecule has 3 fully saturated rings. The minimum absolute atomic E-state index is 0.236. The van der Waals surface area contributed by atoms with Crippen LogP contribution in [-0.4, -0.2) is 193 Å². The molecule has 17 unspecified atom stereocenters. The number of ether oxygens (including phenoxy) is 6. The van der Waals surface area contributed by atoms with E-state index in [-0.39, 0.29) is 18.9 Å². The van der Waals surface area contributed by atoms with Crippen molar-refractivity contribution >= 4 is 5.91 Å². The Balaban J connectivity index is 1.31. The van der Waals surface area contributed by atoms with Crippen LogP contribution in [0, 0.1) is 0 Å². The van der Waals surface area contributed by atoms with Crippen molar-refractivity contribution in [3.63, 3.8) is 0 Å². The maximum Gasteiger partial charge on any atom is 0.220 e. The lowest BCUT2D eigenvalue weighted by molar-refractivity contribution is -0.379. The second kappa shape index (κ2) is 74.6. The Kier molecular flexibility index (Phi) is 69.3. The van der Waals surface area contributed by atoms with E-state index in [0.717, 1.165) is 44.9 Å². The minimum atomic E-state index is -1.98. The highest BCUT2D eigenvalue weighted by molar-refractivity contribution is 5.76. The summed E-state index contributed by atoms with van der Waals surface area (Å²) in [6.07, 6.45) is 71.6. The van der Waals surface area contributed by atoms with Gasteiger partial charge in [0.15, 0.2) is 18.9 Å². The van der Waals surface area contributed by atoms with Gasteiger partial charge in [0.05, 0.1) is 38.6 Å². The number of nitrogens with one attached hydrogen (secondary N) is 1. The van der Waals surface area contributed by atoms with Crippen LogP contribution in [0.5, 0.6) is 0 Å². The molecule has 0 aromatic rings. The lowest BCUT2D eigenvalue weighted by Crippen LogP contribution is -2.66. The summed E-state index contributed by atoms with van der Waals surface area (Å²) in [7, 11) is 0. The number of allylic oxidation sites excluding steroid dienone is 7. The molecule has 19 heteroatoms. The van der Waals surface area contributed by atoms with Gasteiger partial charge in [0, 0.05) is 6.42 Å². The topological polar surface area (TPSA) is 307 Å². The van der Waals surface area contributed by atoms with Gasteiger partial charge in [-0.3, -0.25) is 4.79 Å². The van der Waals surface area contributed by atoms with E-state index in [1.807, 2.05) is 6.08 Å². The van der Waals surface area contributed by atoms with Crippen molar-refractivity contribution in [1.82, 2.24) is 5.32 Å². The normalized spacial score (nSPS) is 24.9. The first-order valence-corrected chi connectivity index (χ1v) is 47.9. The molecule has 12 N–H and O–H groups in total. The van der Waals surface area contributed by atoms with E-state index in [2.05, 4.69) is 55.6 Å². The number of carbonyl (C=O) groups excluding carboxylic acids is 1. The Morgan fingerprint density at radius 2 is 0.561 bits per heavy atom. The van der Waals surface area contributed by atoms with E-state index < -0.39 is 124 Å². The summed E-state index contributed by atoms with van der Waals surface area (Å²) in [5.74, 6) is -0.281. The average molecular weight is 1620 g/mol. The van der Waals surface area contributed by atoms with Crippen molar-refractivity contribution in [3.8, 4) is 0 Å². The summed E-state index contributed by atoms with van der Waals surface area (Å²) < 4.78 is 34.5. The zero-order valence-electron chi connectivity index (χ0n) is 72.6. The van der Waals surface area contributed by atoms with Crippen LogP contribution in [0.4, 0.5) is 0 Å². The van der Waals surface area contributed by atoms with Crippen LogP contribution in [0.2, 0.25) is 0 Å². The van der Waals surface area contributed by atoms with E-state index >= 15 is 0 Å². The van der Waals surface area contributed by atoms with Crippen LogP contribution in [0.15, 0.2) is 48.6 Å². The SMILES string of the molecule is CCCCCCCCCC/C=C\CCCCCCCCCCCCCCCCCCCCCCCCCCCCCC(=O)NC(COC1OC(CO)C(OC2OC(CO)C(OC3OC(CO)C(O)C(O)C3O)C(O)C2O)C(O)C1O)C(O)/C=C/CC/C=C/CC/C=C/CCCCCCCCCCCCCCCCCCCCCC. The molecule has 0 aromatic carbocycles. The molecule has 3 aliphatic heterocycles. The van der Waals surface area contributed by atoms with Crippen LogP contribution < -0.4 is 5.32 Å². The Bertz CT molecular complexity index is 2240. The van der Waals surface area contributed by atoms with Gasteiger partial charge < -0.3 is 89.9 Å². The number of rotatable bonds is 79. The van der Waals surface area contributed by atoms with Crippen molar-refractivity contribution in [2.75, 3.05) is 26.4 Å². The number of aliphatic hydroxyl groups excluding tert-OH is 11. The Labute approximate surface area is 694 Å². The summed E-state index contributed by atoms with van der Waals surface area (Å²) in [5.41, 5.74) is 0. The fourth-order valence-electron chi connectivity index (χ4n) is 16.2. The predicted molar refractivity (Wildman–Crippen MR) is 462 cm³/mol. The van der Waals surface area contributed by atoms with Gasteiger partial charge in [-0.05, 0) is 70.6 Å². The lowest BCUT2D eigenvalue weighted by Gasteiger charge is -2.48. The molecule has 0 radical (unpaired) electrons. The molecule has 17 atom stereocenters. The number of amides is 1. The standard InChI is InChI=1S/C95H177NO18/c1-3-5-7-9-11-13-15-17-19-21-23-25-27-29-31-33-35-36-37-38-39-40-41-42-43-45-47-49-51-53-55-57-59-61-63-65-67-69-71-73-83(101)96-78(79(100)72-70-68-66-64-62-60-58-56-54-52-50-48-46-44-34-32-30-28-26-24-22-20-18-16-14-12-10-8-6-4-2)77-109-93-89(107)86(104)91(81(75-98)111-93)114-95-90(108)87(105)92(82(76-99)112-95)113-94-88(106)85(103)84(102)80(74-97)110-94/h21,23,54,56,62,64,70,72,78-82,84-95,97-100,102-108H,3-20,22,24-53,55,57-61,63,65-69,71,73-77H2,1-2H3,(H,96,101)/b23-21-,56-54+,64-62+,72-70+. The highest BCUT2D eigenvalue weighted by Gasteiger charge is 2.54. The molecule has 0 saturated carbocycles. The molecule has 0 spiro atoms. The average Bonchev–Trinajstić information content (AvgIpc) is 0.783. The maximum absolute atomic E-state index is 13.5. The minimum Gasteiger partial charge on any atom is -0.394 e. The van der Waals surface area contributed by atoms with E-state index in [9.17, 15) is 61.0 Å². The zero-order valence-corrected chi connectivity index (χ0v) is 72.6. The Morgan fingerprint density at radius 1 is 0.307 bits per heavy atom. The van der Waals surface area contributed by atoms with Gasteiger partial charge in [-0.1, -0.05) is 390 Å². The number of unbranched alkanes of at least 4 members (excludes halogenated alkanes) is 57. The highest BCUT2D eigenvalue weighted by atomic mass is 16.8. The second-order valence-corrected chi connectivity index (χ2v) is 34.2. The smallest absolute Gasteiger partial charge is 0.220 e. The molecule has 0 aromatic heterocycles. The van der Waals surface area contributed by atoms with E-state index in [0.29, 0.717) is 12.8 Å². The first-order chi connectivity index (χ1) is 55.8. The molecule has 19 nitrogen and oxygen atoms in total. The first kappa shape index (κ1) is 106. The first-order valence-electron chi connectivity index (χ1n) is 47.9. The molecule has 114 heavy (non-hydrogen) atoms.